The van der Waals surface area contributed by atoms with Crippen LogP contribution in [0, 0.1) is 0 Å². The van der Waals surface area contributed by atoms with Crippen LogP contribution in [0.25, 0.3) is 0 Å². The summed E-state index contributed by atoms with van der Waals surface area (Å²) in [5, 5.41) is 19.6. The summed E-state index contributed by atoms with van der Waals surface area (Å²) in [5.74, 6) is 1.42. The van der Waals surface area contributed by atoms with E-state index in [4.69, 9.17) is 18.9 Å². The van der Waals surface area contributed by atoms with E-state index in [1.807, 2.05) is 62.4 Å². The zero-order chi connectivity index (χ0) is 22.9. The van der Waals surface area contributed by atoms with Crippen LogP contribution in [0.4, 0.5) is 0 Å². The summed E-state index contributed by atoms with van der Waals surface area (Å²) in [4.78, 5) is 0. The molecule has 2 atom stereocenters. The van der Waals surface area contributed by atoms with Gasteiger partial charge in [-0.15, -0.1) is 0 Å². The van der Waals surface area contributed by atoms with Gasteiger partial charge in [0, 0.05) is 12.5 Å². The number of methoxy groups -OCH3 is 1. The lowest BCUT2D eigenvalue weighted by atomic mass is 9.78. The van der Waals surface area contributed by atoms with Crippen LogP contribution in [0.5, 0.6) is 11.5 Å². The lowest BCUT2D eigenvalue weighted by Gasteiger charge is -2.26. The van der Waals surface area contributed by atoms with Gasteiger partial charge in [-0.25, -0.2) is 0 Å². The van der Waals surface area contributed by atoms with Gasteiger partial charge in [0.05, 0.1) is 19.3 Å². The third kappa shape index (κ3) is 8.15. The summed E-state index contributed by atoms with van der Waals surface area (Å²) in [5.41, 5.74) is 2.08. The van der Waals surface area contributed by atoms with Crippen molar-refractivity contribution in [3.8, 4) is 11.5 Å². The predicted molar refractivity (Wildman–Crippen MR) is 121 cm³/mol. The zero-order valence-electron chi connectivity index (χ0n) is 19.2. The molecule has 0 heterocycles. The summed E-state index contributed by atoms with van der Waals surface area (Å²) >= 11 is 0. The molecule has 0 radical (unpaired) electrons. The minimum atomic E-state index is -0.658. The number of rotatable bonds is 13. The highest BCUT2D eigenvalue weighted by atomic mass is 16.5. The highest BCUT2D eigenvalue weighted by Crippen LogP contribution is 2.33. The molecule has 2 aromatic rings. The predicted octanol–water partition coefficient (Wildman–Crippen LogP) is 3.56. The Hall–Kier alpha value is -2.12. The normalized spacial score (nSPS) is 13.8. The van der Waals surface area contributed by atoms with E-state index in [1.165, 1.54) is 0 Å². The highest BCUT2D eigenvalue weighted by Gasteiger charge is 2.23. The maximum Gasteiger partial charge on any atom is 0.119 e. The molecule has 0 aliphatic carbocycles. The van der Waals surface area contributed by atoms with E-state index in [0.29, 0.717) is 11.5 Å². The van der Waals surface area contributed by atoms with Crippen LogP contribution in [0.1, 0.15) is 38.8 Å². The van der Waals surface area contributed by atoms with E-state index in [9.17, 15) is 10.2 Å². The Morgan fingerprint density at radius 3 is 1.52 bits per heavy atom. The van der Waals surface area contributed by atoms with Gasteiger partial charge in [-0.05, 0) is 49.2 Å². The topological polar surface area (TPSA) is 77.4 Å². The van der Waals surface area contributed by atoms with Crippen LogP contribution in [0.15, 0.2) is 48.5 Å². The molecular formula is C25H36O6. The third-order valence-electron chi connectivity index (χ3n) is 5.02. The highest BCUT2D eigenvalue weighted by molar-refractivity contribution is 5.41. The fourth-order valence-corrected chi connectivity index (χ4v) is 3.08. The van der Waals surface area contributed by atoms with E-state index in [2.05, 4.69) is 13.8 Å². The molecule has 6 nitrogen and oxygen atoms in total. The van der Waals surface area contributed by atoms with Crippen molar-refractivity contribution in [3.63, 3.8) is 0 Å². The SMILES string of the molecule is COC[C@H](O)COc1ccc(C(C)(C)c2ccc(OC[C@H](O)COC(C)C)cc2)cc1. The molecule has 2 N–H and O–H groups in total. The number of ether oxygens (including phenoxy) is 4. The fourth-order valence-electron chi connectivity index (χ4n) is 3.08. The van der Waals surface area contributed by atoms with E-state index < -0.39 is 12.2 Å². The molecule has 6 heteroatoms. The molecule has 172 valence electrons. The minimum absolute atomic E-state index is 0.0824. The molecule has 0 spiro atoms. The Morgan fingerprint density at radius 1 is 0.710 bits per heavy atom. The van der Waals surface area contributed by atoms with E-state index in [1.54, 1.807) is 7.11 Å². The second-order valence-electron chi connectivity index (χ2n) is 8.44. The monoisotopic (exact) mass is 432 g/mol. The molecule has 0 bridgehead atoms. The second-order valence-corrected chi connectivity index (χ2v) is 8.44. The van der Waals surface area contributed by atoms with Crippen molar-refractivity contribution in [1.29, 1.82) is 0 Å². The van der Waals surface area contributed by atoms with Crippen LogP contribution in [-0.4, -0.2) is 62.1 Å². The molecule has 0 aromatic heterocycles. The summed E-state index contributed by atoms with van der Waals surface area (Å²) in [6, 6.07) is 15.8. The molecule has 0 saturated carbocycles. The fraction of sp³-hybridized carbons (Fsp3) is 0.520. The molecule has 0 fully saturated rings. The van der Waals surface area contributed by atoms with Crippen LogP contribution < -0.4 is 9.47 Å². The first-order valence-corrected chi connectivity index (χ1v) is 10.7. The first-order valence-electron chi connectivity index (χ1n) is 10.7. The molecule has 31 heavy (non-hydrogen) atoms. The summed E-state index contributed by atoms with van der Waals surface area (Å²) < 4.78 is 21.6. The van der Waals surface area contributed by atoms with Crippen molar-refractivity contribution in [1.82, 2.24) is 0 Å². The smallest absolute Gasteiger partial charge is 0.119 e. The van der Waals surface area contributed by atoms with Gasteiger partial charge in [-0.3, -0.25) is 0 Å². The lowest BCUT2D eigenvalue weighted by Crippen LogP contribution is -2.25. The maximum absolute atomic E-state index is 9.93. The van der Waals surface area contributed by atoms with Gasteiger partial charge in [0.2, 0.25) is 0 Å². The van der Waals surface area contributed by atoms with E-state index in [0.717, 1.165) is 11.1 Å². The van der Waals surface area contributed by atoms with Crippen molar-refractivity contribution in [2.75, 3.05) is 33.5 Å². The Labute approximate surface area is 185 Å². The molecule has 0 aliphatic heterocycles. The van der Waals surface area contributed by atoms with Gasteiger partial charge < -0.3 is 29.2 Å². The van der Waals surface area contributed by atoms with Gasteiger partial charge in [0.1, 0.15) is 36.9 Å². The molecule has 2 rings (SSSR count). The number of benzene rings is 2. The van der Waals surface area contributed by atoms with Crippen LogP contribution >= 0.6 is 0 Å². The first kappa shape index (κ1) is 25.1. The minimum Gasteiger partial charge on any atom is -0.491 e. The first-order chi connectivity index (χ1) is 14.7. The standard InChI is InChI=1S/C25H36O6/c1-18(2)29-15-22(27)17-31-24-12-8-20(9-13-24)25(3,4)19-6-10-23(11-7-19)30-16-21(26)14-28-5/h6-13,18,21-22,26-27H,14-17H2,1-5H3/t21-,22+/m0/s1. The maximum atomic E-state index is 9.93. The third-order valence-corrected chi connectivity index (χ3v) is 5.02. The van der Waals surface area contributed by atoms with Crippen molar-refractivity contribution >= 4 is 0 Å². The molecule has 2 aromatic carbocycles. The van der Waals surface area contributed by atoms with Crippen molar-refractivity contribution in [3.05, 3.63) is 59.7 Å². The number of aliphatic hydroxyl groups is 2. The van der Waals surface area contributed by atoms with Crippen LogP contribution in [-0.2, 0) is 14.9 Å². The number of hydrogen-bond donors (Lipinski definition) is 2. The Bertz CT molecular complexity index is 755. The van der Waals surface area contributed by atoms with Gasteiger partial charge >= 0.3 is 0 Å². The van der Waals surface area contributed by atoms with E-state index in [-0.39, 0.29) is 37.9 Å². The van der Waals surface area contributed by atoms with Crippen molar-refractivity contribution < 1.29 is 29.2 Å². The van der Waals surface area contributed by atoms with Crippen LogP contribution in [0.2, 0.25) is 0 Å². The number of hydrogen-bond acceptors (Lipinski definition) is 6. The summed E-state index contributed by atoms with van der Waals surface area (Å²) in [7, 11) is 1.55. The zero-order valence-corrected chi connectivity index (χ0v) is 19.2. The average Bonchev–Trinajstić information content (AvgIpc) is 2.75. The van der Waals surface area contributed by atoms with Gasteiger partial charge in [-0.2, -0.15) is 0 Å². The molecule has 0 unspecified atom stereocenters. The Morgan fingerprint density at radius 2 is 1.13 bits per heavy atom. The summed E-state index contributed by atoms with van der Waals surface area (Å²) in [6.45, 7) is 9.07. The van der Waals surface area contributed by atoms with E-state index >= 15 is 0 Å². The Balaban J connectivity index is 1.94. The molecular weight excluding hydrogens is 396 g/mol. The molecule has 0 saturated heterocycles. The quantitative estimate of drug-likeness (QED) is 0.504. The largest absolute Gasteiger partial charge is 0.491 e. The number of aliphatic hydroxyl groups excluding tert-OH is 2. The molecule has 0 amide bonds. The molecule has 0 aliphatic rings. The van der Waals surface area contributed by atoms with Crippen molar-refractivity contribution in [2.45, 2.75) is 51.4 Å². The summed E-state index contributed by atoms with van der Waals surface area (Å²) in [6.07, 6.45) is -1.22. The Kier molecular flexibility index (Phi) is 9.78. The van der Waals surface area contributed by atoms with Gasteiger partial charge in [0.25, 0.3) is 0 Å². The lowest BCUT2D eigenvalue weighted by molar-refractivity contribution is -0.0122. The average molecular weight is 433 g/mol. The van der Waals surface area contributed by atoms with Gasteiger partial charge in [-0.1, -0.05) is 38.1 Å². The van der Waals surface area contributed by atoms with Crippen LogP contribution in [0.3, 0.4) is 0 Å². The van der Waals surface area contributed by atoms with Gasteiger partial charge in [0.15, 0.2) is 0 Å². The second kappa shape index (κ2) is 12.1. The van der Waals surface area contributed by atoms with Crippen molar-refractivity contribution in [2.24, 2.45) is 0 Å².